The molecule has 2 rings (SSSR count). The fraction of sp³-hybridized carbons (Fsp3) is 0.667. The molecule has 0 aromatic carbocycles. The average Bonchev–Trinajstić information content (AvgIpc) is 2.86. The van der Waals surface area contributed by atoms with Crippen LogP contribution in [0.3, 0.4) is 0 Å². The highest BCUT2D eigenvalue weighted by atomic mass is 16.2. The van der Waals surface area contributed by atoms with Gasteiger partial charge in [-0.2, -0.15) is 5.10 Å². The molecule has 1 fully saturated rings. The second-order valence-electron chi connectivity index (χ2n) is 4.90. The van der Waals surface area contributed by atoms with Gasteiger partial charge in [-0.1, -0.05) is 13.8 Å². The summed E-state index contributed by atoms with van der Waals surface area (Å²) in [6.07, 6.45) is 0.996. The minimum absolute atomic E-state index is 0.0683. The molecule has 1 aliphatic rings. The van der Waals surface area contributed by atoms with Crippen LogP contribution in [0.2, 0.25) is 0 Å². The lowest BCUT2D eigenvalue weighted by atomic mass is 10.1. The lowest BCUT2D eigenvalue weighted by Gasteiger charge is -2.09. The smallest absolute Gasteiger partial charge is 0.272 e. The van der Waals surface area contributed by atoms with E-state index in [-0.39, 0.29) is 11.9 Å². The van der Waals surface area contributed by atoms with Crippen LogP contribution in [0.25, 0.3) is 0 Å². The van der Waals surface area contributed by atoms with Crippen molar-refractivity contribution >= 4 is 5.91 Å². The second kappa shape index (κ2) is 4.87. The summed E-state index contributed by atoms with van der Waals surface area (Å²) in [6.45, 7) is 6.03. The van der Waals surface area contributed by atoms with Crippen LogP contribution in [0.4, 0.5) is 0 Å². The van der Waals surface area contributed by atoms with E-state index in [0.717, 1.165) is 25.2 Å². The minimum atomic E-state index is -0.0683. The molecular weight excluding hydrogens is 216 g/mol. The largest absolute Gasteiger partial charge is 0.347 e. The first-order chi connectivity index (χ1) is 8.08. The van der Waals surface area contributed by atoms with Crippen LogP contribution in [0.5, 0.6) is 0 Å². The summed E-state index contributed by atoms with van der Waals surface area (Å²) in [4.78, 5) is 12.0. The van der Waals surface area contributed by atoms with Gasteiger partial charge in [0, 0.05) is 25.3 Å². The van der Waals surface area contributed by atoms with Gasteiger partial charge in [0.25, 0.3) is 5.91 Å². The van der Waals surface area contributed by atoms with Gasteiger partial charge in [-0.05, 0) is 24.9 Å². The highest BCUT2D eigenvalue weighted by molar-refractivity contribution is 5.92. The van der Waals surface area contributed by atoms with Crippen LogP contribution < -0.4 is 10.6 Å². The van der Waals surface area contributed by atoms with Crippen LogP contribution in [0, 0.1) is 0 Å². The Morgan fingerprint density at radius 3 is 2.94 bits per heavy atom. The molecule has 2 N–H and O–H groups in total. The third-order valence-corrected chi connectivity index (χ3v) is 3.14. The van der Waals surface area contributed by atoms with E-state index in [1.54, 1.807) is 4.68 Å². The predicted octanol–water partition coefficient (Wildman–Crippen LogP) is 0.635. The summed E-state index contributed by atoms with van der Waals surface area (Å²) in [5.74, 6) is 0.309. The Balaban J connectivity index is 2.05. The number of aromatic nitrogens is 2. The molecule has 1 unspecified atom stereocenters. The van der Waals surface area contributed by atoms with Gasteiger partial charge in [-0.25, -0.2) is 0 Å². The zero-order valence-corrected chi connectivity index (χ0v) is 10.7. The summed E-state index contributed by atoms with van der Waals surface area (Å²) in [5, 5.41) is 10.5. The van der Waals surface area contributed by atoms with Crippen molar-refractivity contribution in [1.29, 1.82) is 0 Å². The van der Waals surface area contributed by atoms with Crippen LogP contribution >= 0.6 is 0 Å². The van der Waals surface area contributed by atoms with Crippen molar-refractivity contribution in [2.75, 3.05) is 13.1 Å². The van der Waals surface area contributed by atoms with E-state index in [1.807, 2.05) is 13.1 Å². The van der Waals surface area contributed by atoms with E-state index in [0.29, 0.717) is 11.6 Å². The topological polar surface area (TPSA) is 59.0 Å². The second-order valence-corrected chi connectivity index (χ2v) is 4.90. The molecule has 1 saturated heterocycles. The SMILES string of the molecule is CC(C)c1cc(C(=O)NC2CCNC2)nn1C. The summed E-state index contributed by atoms with van der Waals surface area (Å²) >= 11 is 0. The minimum Gasteiger partial charge on any atom is -0.347 e. The van der Waals surface area contributed by atoms with Crippen LogP contribution in [-0.4, -0.2) is 34.8 Å². The van der Waals surface area contributed by atoms with E-state index in [9.17, 15) is 4.79 Å². The van der Waals surface area contributed by atoms with Gasteiger partial charge in [-0.3, -0.25) is 9.48 Å². The van der Waals surface area contributed by atoms with Crippen LogP contribution in [0.1, 0.15) is 42.4 Å². The fourth-order valence-corrected chi connectivity index (χ4v) is 2.17. The Kier molecular flexibility index (Phi) is 3.47. The molecule has 1 aliphatic heterocycles. The van der Waals surface area contributed by atoms with Gasteiger partial charge in [0.1, 0.15) is 5.69 Å². The van der Waals surface area contributed by atoms with E-state index < -0.39 is 0 Å². The Hall–Kier alpha value is -1.36. The van der Waals surface area contributed by atoms with E-state index in [2.05, 4.69) is 29.6 Å². The number of hydrogen-bond donors (Lipinski definition) is 2. The van der Waals surface area contributed by atoms with Crippen molar-refractivity contribution in [3.63, 3.8) is 0 Å². The molecule has 1 aromatic rings. The monoisotopic (exact) mass is 236 g/mol. The molecule has 2 heterocycles. The number of nitrogens with one attached hydrogen (secondary N) is 2. The Morgan fingerprint density at radius 1 is 1.65 bits per heavy atom. The van der Waals surface area contributed by atoms with Gasteiger partial charge in [0.15, 0.2) is 0 Å². The molecule has 5 nitrogen and oxygen atoms in total. The Labute approximate surface area is 102 Å². The fourth-order valence-electron chi connectivity index (χ4n) is 2.17. The number of amides is 1. The normalized spacial score (nSPS) is 19.9. The molecular formula is C12H20N4O. The molecule has 5 heteroatoms. The average molecular weight is 236 g/mol. The van der Waals surface area contributed by atoms with Crippen molar-refractivity contribution in [3.8, 4) is 0 Å². The predicted molar refractivity (Wildman–Crippen MR) is 66.0 cm³/mol. The van der Waals surface area contributed by atoms with Gasteiger partial charge in [0.2, 0.25) is 0 Å². The first kappa shape index (κ1) is 12.1. The molecule has 17 heavy (non-hydrogen) atoms. The van der Waals surface area contributed by atoms with E-state index >= 15 is 0 Å². The first-order valence-corrected chi connectivity index (χ1v) is 6.13. The lowest BCUT2D eigenvalue weighted by molar-refractivity contribution is 0.0934. The van der Waals surface area contributed by atoms with Gasteiger partial charge in [0.05, 0.1) is 0 Å². The van der Waals surface area contributed by atoms with Crippen LogP contribution in [0.15, 0.2) is 6.07 Å². The molecule has 1 aromatic heterocycles. The van der Waals surface area contributed by atoms with Gasteiger partial charge < -0.3 is 10.6 Å². The summed E-state index contributed by atoms with van der Waals surface area (Å²) < 4.78 is 1.78. The standard InChI is InChI=1S/C12H20N4O/c1-8(2)11-6-10(15-16(11)3)12(17)14-9-4-5-13-7-9/h6,8-9,13H,4-5,7H2,1-3H3,(H,14,17). The maximum Gasteiger partial charge on any atom is 0.272 e. The first-order valence-electron chi connectivity index (χ1n) is 6.13. The lowest BCUT2D eigenvalue weighted by Crippen LogP contribution is -2.36. The van der Waals surface area contributed by atoms with Crippen molar-refractivity contribution in [3.05, 3.63) is 17.5 Å². The molecule has 0 bridgehead atoms. The molecule has 1 atom stereocenters. The summed E-state index contributed by atoms with van der Waals surface area (Å²) in [5.41, 5.74) is 1.60. The third-order valence-electron chi connectivity index (χ3n) is 3.14. The zero-order valence-electron chi connectivity index (χ0n) is 10.7. The number of hydrogen-bond acceptors (Lipinski definition) is 3. The van der Waals surface area contributed by atoms with E-state index in [4.69, 9.17) is 0 Å². The Morgan fingerprint density at radius 2 is 2.41 bits per heavy atom. The Bertz CT molecular complexity index is 405. The number of rotatable bonds is 3. The van der Waals surface area contributed by atoms with Crippen LogP contribution in [-0.2, 0) is 7.05 Å². The highest BCUT2D eigenvalue weighted by Gasteiger charge is 2.20. The molecule has 94 valence electrons. The number of nitrogens with zero attached hydrogens (tertiary/aromatic N) is 2. The molecule has 0 aliphatic carbocycles. The highest BCUT2D eigenvalue weighted by Crippen LogP contribution is 2.14. The summed E-state index contributed by atoms with van der Waals surface area (Å²) in [6, 6.07) is 2.12. The molecule has 0 saturated carbocycles. The van der Waals surface area contributed by atoms with Crippen molar-refractivity contribution in [1.82, 2.24) is 20.4 Å². The number of aryl methyl sites for hydroxylation is 1. The van der Waals surface area contributed by atoms with E-state index in [1.165, 1.54) is 0 Å². The zero-order chi connectivity index (χ0) is 12.4. The van der Waals surface area contributed by atoms with Crippen molar-refractivity contribution in [2.24, 2.45) is 7.05 Å². The molecule has 1 amide bonds. The summed E-state index contributed by atoms with van der Waals surface area (Å²) in [7, 11) is 1.88. The third kappa shape index (κ3) is 2.66. The number of carbonyl (C=O) groups excluding carboxylic acids is 1. The van der Waals surface area contributed by atoms with Crippen molar-refractivity contribution < 1.29 is 4.79 Å². The van der Waals surface area contributed by atoms with Gasteiger partial charge >= 0.3 is 0 Å². The number of carbonyl (C=O) groups is 1. The maximum atomic E-state index is 12.0. The maximum absolute atomic E-state index is 12.0. The molecule has 0 spiro atoms. The molecule has 0 radical (unpaired) electrons. The van der Waals surface area contributed by atoms with Crippen molar-refractivity contribution in [2.45, 2.75) is 32.2 Å². The van der Waals surface area contributed by atoms with Gasteiger partial charge in [-0.15, -0.1) is 0 Å². The quantitative estimate of drug-likeness (QED) is 0.809.